The second-order valence-corrected chi connectivity index (χ2v) is 5.34. The Hall–Kier alpha value is -1.59. The van der Waals surface area contributed by atoms with Gasteiger partial charge in [0.05, 0.1) is 12.1 Å². The van der Waals surface area contributed by atoms with Crippen LogP contribution in [0, 0.1) is 0 Å². The van der Waals surface area contributed by atoms with Gasteiger partial charge in [0.15, 0.2) is 0 Å². The van der Waals surface area contributed by atoms with Crippen LogP contribution < -0.4 is 11.1 Å². The van der Waals surface area contributed by atoms with Crippen LogP contribution in [0.5, 0.6) is 0 Å². The number of hydrogen-bond donors (Lipinski definition) is 3. The summed E-state index contributed by atoms with van der Waals surface area (Å²) >= 11 is 0. The highest BCUT2D eigenvalue weighted by Gasteiger charge is 2.24. The number of aliphatic hydroxyl groups is 1. The van der Waals surface area contributed by atoms with Crippen LogP contribution in [-0.4, -0.2) is 29.4 Å². The van der Waals surface area contributed by atoms with Gasteiger partial charge in [-0.2, -0.15) is 0 Å². The largest absolute Gasteiger partial charge is 0.444 e. The summed E-state index contributed by atoms with van der Waals surface area (Å²) in [5.74, 6) is 0. The lowest BCUT2D eigenvalue weighted by Gasteiger charge is -2.26. The van der Waals surface area contributed by atoms with Gasteiger partial charge in [0.25, 0.3) is 0 Å². The topological polar surface area (TPSA) is 84.6 Å². The molecule has 0 aliphatic heterocycles. The van der Waals surface area contributed by atoms with Gasteiger partial charge in [-0.05, 0) is 26.3 Å². The van der Waals surface area contributed by atoms with E-state index in [0.717, 1.165) is 5.56 Å². The number of carbonyl (C=O) groups is 1. The van der Waals surface area contributed by atoms with Crippen LogP contribution in [0.1, 0.15) is 32.4 Å². The third kappa shape index (κ3) is 5.28. The molecule has 19 heavy (non-hydrogen) atoms. The van der Waals surface area contributed by atoms with E-state index in [2.05, 4.69) is 5.32 Å². The molecule has 5 heteroatoms. The molecule has 4 N–H and O–H groups in total. The van der Waals surface area contributed by atoms with E-state index in [4.69, 9.17) is 10.5 Å². The molecular formula is C14H22N2O3. The predicted octanol–water partition coefficient (Wildman–Crippen LogP) is 1.57. The second kappa shape index (κ2) is 6.54. The van der Waals surface area contributed by atoms with Crippen molar-refractivity contribution in [3.05, 3.63) is 35.9 Å². The lowest BCUT2D eigenvalue weighted by atomic mass is 10.0. The first-order valence-corrected chi connectivity index (χ1v) is 6.26. The van der Waals surface area contributed by atoms with Crippen molar-refractivity contribution in [1.82, 2.24) is 5.32 Å². The van der Waals surface area contributed by atoms with E-state index in [9.17, 15) is 9.90 Å². The summed E-state index contributed by atoms with van der Waals surface area (Å²) in [5.41, 5.74) is 5.67. The van der Waals surface area contributed by atoms with E-state index < -0.39 is 23.8 Å². The summed E-state index contributed by atoms with van der Waals surface area (Å²) < 4.78 is 5.18. The molecule has 0 saturated carbocycles. The van der Waals surface area contributed by atoms with Gasteiger partial charge in [0.1, 0.15) is 5.60 Å². The molecule has 0 fully saturated rings. The van der Waals surface area contributed by atoms with E-state index in [0.29, 0.717) is 0 Å². The minimum atomic E-state index is -0.866. The molecule has 0 saturated heterocycles. The molecule has 1 amide bonds. The minimum Gasteiger partial charge on any atom is -0.444 e. The Morgan fingerprint density at radius 2 is 1.95 bits per heavy atom. The van der Waals surface area contributed by atoms with Crippen molar-refractivity contribution in [3.63, 3.8) is 0 Å². The van der Waals surface area contributed by atoms with Gasteiger partial charge in [0.2, 0.25) is 0 Å². The Labute approximate surface area is 113 Å². The van der Waals surface area contributed by atoms with Gasteiger partial charge in [-0.15, -0.1) is 0 Å². The van der Waals surface area contributed by atoms with Crippen LogP contribution in [0.4, 0.5) is 4.79 Å². The van der Waals surface area contributed by atoms with Crippen molar-refractivity contribution in [3.8, 4) is 0 Å². The van der Waals surface area contributed by atoms with Gasteiger partial charge < -0.3 is 20.9 Å². The zero-order valence-corrected chi connectivity index (χ0v) is 11.6. The van der Waals surface area contributed by atoms with E-state index in [1.54, 1.807) is 20.8 Å². The average molecular weight is 266 g/mol. The molecule has 0 heterocycles. The number of alkyl carbamates (subject to hydrolysis) is 1. The lowest BCUT2D eigenvalue weighted by molar-refractivity contribution is 0.0428. The molecule has 0 bridgehead atoms. The molecule has 1 aromatic rings. The summed E-state index contributed by atoms with van der Waals surface area (Å²) in [7, 11) is 0. The normalized spacial score (nSPS) is 14.6. The van der Waals surface area contributed by atoms with Crippen LogP contribution in [0.2, 0.25) is 0 Å². The van der Waals surface area contributed by atoms with Crippen molar-refractivity contribution in [1.29, 1.82) is 0 Å². The highest BCUT2D eigenvalue weighted by atomic mass is 16.6. The van der Waals surface area contributed by atoms with Gasteiger partial charge in [-0.1, -0.05) is 30.3 Å². The second-order valence-electron chi connectivity index (χ2n) is 5.34. The first kappa shape index (κ1) is 15.5. The lowest BCUT2D eigenvalue weighted by Crippen LogP contribution is -2.42. The van der Waals surface area contributed by atoms with Crippen LogP contribution in [0.3, 0.4) is 0 Å². The molecule has 0 aliphatic rings. The molecule has 2 atom stereocenters. The van der Waals surface area contributed by atoms with E-state index in [1.807, 2.05) is 30.3 Å². The Morgan fingerprint density at radius 1 is 1.37 bits per heavy atom. The molecule has 5 nitrogen and oxygen atoms in total. The number of benzene rings is 1. The number of aliphatic hydroxyl groups excluding tert-OH is 1. The van der Waals surface area contributed by atoms with E-state index in [-0.39, 0.29) is 6.54 Å². The summed E-state index contributed by atoms with van der Waals surface area (Å²) in [4.78, 5) is 11.8. The quantitative estimate of drug-likeness (QED) is 0.772. The zero-order chi connectivity index (χ0) is 14.5. The smallest absolute Gasteiger partial charge is 0.408 e. The van der Waals surface area contributed by atoms with Crippen molar-refractivity contribution < 1.29 is 14.6 Å². The van der Waals surface area contributed by atoms with Crippen LogP contribution in [-0.2, 0) is 4.74 Å². The molecule has 0 spiro atoms. The van der Waals surface area contributed by atoms with Crippen LogP contribution in [0.25, 0.3) is 0 Å². The molecular weight excluding hydrogens is 244 g/mol. The van der Waals surface area contributed by atoms with Gasteiger partial charge in [-0.3, -0.25) is 0 Å². The van der Waals surface area contributed by atoms with Gasteiger partial charge >= 0.3 is 6.09 Å². The third-order valence-corrected chi connectivity index (χ3v) is 2.46. The highest BCUT2D eigenvalue weighted by Crippen LogP contribution is 2.17. The fourth-order valence-corrected chi connectivity index (χ4v) is 1.63. The van der Waals surface area contributed by atoms with E-state index >= 15 is 0 Å². The first-order valence-electron chi connectivity index (χ1n) is 6.26. The van der Waals surface area contributed by atoms with Crippen LogP contribution in [0.15, 0.2) is 30.3 Å². The standard InChI is InChI=1S/C14H22N2O3/c1-14(2,3)19-13(18)16-12(11(17)9-15)10-7-5-4-6-8-10/h4-8,11-12,17H,9,15H2,1-3H3,(H,16,18). The third-order valence-electron chi connectivity index (χ3n) is 2.46. The number of amides is 1. The maximum atomic E-state index is 11.8. The highest BCUT2D eigenvalue weighted by molar-refractivity contribution is 5.68. The molecule has 1 rings (SSSR count). The number of hydrogen-bond acceptors (Lipinski definition) is 4. The van der Waals surface area contributed by atoms with Crippen molar-refractivity contribution in [2.75, 3.05) is 6.54 Å². The molecule has 106 valence electrons. The fraction of sp³-hybridized carbons (Fsp3) is 0.500. The van der Waals surface area contributed by atoms with Crippen LogP contribution >= 0.6 is 0 Å². The summed E-state index contributed by atoms with van der Waals surface area (Å²) in [6, 6.07) is 8.59. The maximum absolute atomic E-state index is 11.8. The van der Waals surface area contributed by atoms with Crippen molar-refractivity contribution in [2.24, 2.45) is 5.73 Å². The number of nitrogens with two attached hydrogens (primary N) is 1. The number of carbonyl (C=O) groups excluding carboxylic acids is 1. The molecule has 1 aromatic carbocycles. The number of rotatable bonds is 4. The van der Waals surface area contributed by atoms with Crippen molar-refractivity contribution >= 4 is 6.09 Å². The summed E-state index contributed by atoms with van der Waals surface area (Å²) in [6.07, 6.45) is -1.44. The average Bonchev–Trinajstić information content (AvgIpc) is 2.34. The summed E-state index contributed by atoms with van der Waals surface area (Å²) in [5, 5.41) is 12.6. The zero-order valence-electron chi connectivity index (χ0n) is 11.6. The molecule has 0 aliphatic carbocycles. The monoisotopic (exact) mass is 266 g/mol. The maximum Gasteiger partial charge on any atom is 0.408 e. The fourth-order valence-electron chi connectivity index (χ4n) is 1.63. The Balaban J connectivity index is 2.80. The molecule has 2 unspecified atom stereocenters. The predicted molar refractivity (Wildman–Crippen MR) is 73.6 cm³/mol. The number of ether oxygens (including phenoxy) is 1. The van der Waals surface area contributed by atoms with Crippen molar-refractivity contribution in [2.45, 2.75) is 38.5 Å². The van der Waals surface area contributed by atoms with Gasteiger partial charge in [-0.25, -0.2) is 4.79 Å². The first-order chi connectivity index (χ1) is 8.83. The summed E-state index contributed by atoms with van der Waals surface area (Å²) in [6.45, 7) is 5.39. The Bertz CT molecular complexity index is 401. The minimum absolute atomic E-state index is 0.0510. The molecule has 0 radical (unpaired) electrons. The number of nitrogens with one attached hydrogen (secondary N) is 1. The Morgan fingerprint density at radius 3 is 2.42 bits per heavy atom. The Kier molecular flexibility index (Phi) is 5.32. The van der Waals surface area contributed by atoms with Gasteiger partial charge in [0, 0.05) is 6.54 Å². The van der Waals surface area contributed by atoms with E-state index in [1.165, 1.54) is 0 Å². The SMILES string of the molecule is CC(C)(C)OC(=O)NC(c1ccccc1)C(O)CN. The molecule has 0 aromatic heterocycles.